The van der Waals surface area contributed by atoms with Crippen LogP contribution in [0.1, 0.15) is 29.8 Å². The Kier molecular flexibility index (Phi) is 3.56. The molecule has 1 aliphatic rings. The summed E-state index contributed by atoms with van der Waals surface area (Å²) in [6, 6.07) is 11.1. The van der Waals surface area contributed by atoms with Crippen molar-refractivity contribution < 1.29 is 14.7 Å². The number of aromatic nitrogens is 1. The first-order chi connectivity index (χ1) is 10.1. The summed E-state index contributed by atoms with van der Waals surface area (Å²) in [5.41, 5.74) is 1.15. The first kappa shape index (κ1) is 13.5. The van der Waals surface area contributed by atoms with Gasteiger partial charge in [0.2, 0.25) is 0 Å². The van der Waals surface area contributed by atoms with E-state index in [4.69, 9.17) is 5.11 Å². The van der Waals surface area contributed by atoms with Gasteiger partial charge in [-0.2, -0.15) is 0 Å². The molecule has 0 radical (unpaired) electrons. The van der Waals surface area contributed by atoms with Crippen LogP contribution >= 0.6 is 0 Å². The van der Waals surface area contributed by atoms with Crippen LogP contribution in [0.4, 0.5) is 0 Å². The van der Waals surface area contributed by atoms with E-state index in [1.54, 1.807) is 6.07 Å². The molecular formula is C16H16N2O3. The second-order valence-corrected chi connectivity index (χ2v) is 5.41. The monoisotopic (exact) mass is 284 g/mol. The van der Waals surface area contributed by atoms with Crippen molar-refractivity contribution in [2.24, 2.45) is 5.92 Å². The minimum atomic E-state index is -0.782. The first-order valence-corrected chi connectivity index (χ1v) is 7.03. The second kappa shape index (κ2) is 5.52. The van der Waals surface area contributed by atoms with Crippen molar-refractivity contribution in [1.82, 2.24) is 10.3 Å². The summed E-state index contributed by atoms with van der Waals surface area (Å²) < 4.78 is 0. The van der Waals surface area contributed by atoms with Crippen LogP contribution in [0.15, 0.2) is 36.4 Å². The number of rotatable bonds is 3. The van der Waals surface area contributed by atoms with E-state index < -0.39 is 5.97 Å². The smallest absolute Gasteiger partial charge is 0.306 e. The lowest BCUT2D eigenvalue weighted by atomic mass is 10.1. The van der Waals surface area contributed by atoms with Crippen LogP contribution in [0.2, 0.25) is 0 Å². The molecule has 2 N–H and O–H groups in total. The summed E-state index contributed by atoms with van der Waals surface area (Å²) in [4.78, 5) is 27.5. The Balaban J connectivity index is 1.71. The van der Waals surface area contributed by atoms with Crippen LogP contribution in [0.5, 0.6) is 0 Å². The van der Waals surface area contributed by atoms with Gasteiger partial charge in [0.15, 0.2) is 0 Å². The Bertz CT molecular complexity index is 699. The Morgan fingerprint density at radius 3 is 2.71 bits per heavy atom. The van der Waals surface area contributed by atoms with Gasteiger partial charge in [0.05, 0.1) is 11.4 Å². The van der Waals surface area contributed by atoms with Gasteiger partial charge in [-0.3, -0.25) is 9.59 Å². The number of hydrogen-bond donors (Lipinski definition) is 2. The van der Waals surface area contributed by atoms with Gasteiger partial charge in [0.25, 0.3) is 5.91 Å². The van der Waals surface area contributed by atoms with E-state index in [2.05, 4.69) is 10.3 Å². The van der Waals surface area contributed by atoms with Crippen molar-refractivity contribution in [1.29, 1.82) is 0 Å². The van der Waals surface area contributed by atoms with Crippen LogP contribution in [0, 0.1) is 5.92 Å². The van der Waals surface area contributed by atoms with Gasteiger partial charge in [-0.25, -0.2) is 4.98 Å². The highest BCUT2D eigenvalue weighted by Crippen LogP contribution is 2.25. The summed E-state index contributed by atoms with van der Waals surface area (Å²) in [5, 5.41) is 12.8. The highest BCUT2D eigenvalue weighted by atomic mass is 16.4. The predicted octanol–water partition coefficient (Wildman–Crippen LogP) is 2.22. The third-order valence-electron chi connectivity index (χ3n) is 3.95. The number of amides is 1. The molecule has 0 aliphatic heterocycles. The van der Waals surface area contributed by atoms with Crippen LogP contribution in [0.25, 0.3) is 10.9 Å². The summed E-state index contributed by atoms with van der Waals surface area (Å²) in [7, 11) is 0. The molecule has 3 rings (SSSR count). The number of benzene rings is 1. The molecule has 0 saturated heterocycles. The standard InChI is InChI=1S/C16H16N2O3/c19-15(17-12-7-5-11(9-12)16(20)21)14-8-6-10-3-1-2-4-13(10)18-14/h1-4,6,8,11-12H,5,7,9H2,(H,17,19)(H,20,21). The van der Waals surface area contributed by atoms with E-state index >= 15 is 0 Å². The number of fused-ring (bicyclic) bond motifs is 1. The Hall–Kier alpha value is -2.43. The Labute approximate surface area is 122 Å². The van der Waals surface area contributed by atoms with Gasteiger partial charge in [-0.05, 0) is 31.4 Å². The maximum atomic E-state index is 12.2. The number of para-hydroxylation sites is 1. The van der Waals surface area contributed by atoms with Gasteiger partial charge in [0, 0.05) is 11.4 Å². The number of pyridine rings is 1. The molecule has 1 fully saturated rings. The third-order valence-corrected chi connectivity index (χ3v) is 3.95. The maximum Gasteiger partial charge on any atom is 0.306 e. The largest absolute Gasteiger partial charge is 0.481 e. The second-order valence-electron chi connectivity index (χ2n) is 5.41. The maximum absolute atomic E-state index is 12.2. The first-order valence-electron chi connectivity index (χ1n) is 7.03. The molecule has 1 aliphatic carbocycles. The molecule has 1 saturated carbocycles. The molecule has 1 aromatic heterocycles. The molecule has 1 aromatic carbocycles. The molecule has 5 heteroatoms. The zero-order chi connectivity index (χ0) is 14.8. The fourth-order valence-electron chi connectivity index (χ4n) is 2.79. The Morgan fingerprint density at radius 2 is 1.95 bits per heavy atom. The van der Waals surface area contributed by atoms with Crippen LogP contribution in [-0.4, -0.2) is 28.0 Å². The highest BCUT2D eigenvalue weighted by Gasteiger charge is 2.30. The lowest BCUT2D eigenvalue weighted by Gasteiger charge is -2.12. The average Bonchev–Trinajstić information content (AvgIpc) is 2.95. The fraction of sp³-hybridized carbons (Fsp3) is 0.312. The number of carbonyl (C=O) groups excluding carboxylic acids is 1. The summed E-state index contributed by atoms with van der Waals surface area (Å²) in [6.45, 7) is 0. The van der Waals surface area contributed by atoms with Crippen molar-refractivity contribution in [3.05, 3.63) is 42.1 Å². The molecule has 2 unspecified atom stereocenters. The van der Waals surface area contributed by atoms with Gasteiger partial charge in [-0.15, -0.1) is 0 Å². The Morgan fingerprint density at radius 1 is 1.14 bits per heavy atom. The number of nitrogens with one attached hydrogen (secondary N) is 1. The molecule has 21 heavy (non-hydrogen) atoms. The van der Waals surface area contributed by atoms with E-state index in [0.717, 1.165) is 10.9 Å². The molecule has 108 valence electrons. The average molecular weight is 284 g/mol. The minimum Gasteiger partial charge on any atom is -0.481 e. The van der Waals surface area contributed by atoms with E-state index in [1.807, 2.05) is 30.3 Å². The molecule has 2 atom stereocenters. The van der Waals surface area contributed by atoms with Gasteiger partial charge in [0.1, 0.15) is 5.69 Å². The SMILES string of the molecule is O=C(NC1CCC(C(=O)O)C1)c1ccc2ccccc2n1. The van der Waals surface area contributed by atoms with Crippen molar-refractivity contribution in [2.45, 2.75) is 25.3 Å². The summed E-state index contributed by atoms with van der Waals surface area (Å²) >= 11 is 0. The number of aliphatic carboxylic acids is 1. The van der Waals surface area contributed by atoms with Crippen molar-refractivity contribution in [2.75, 3.05) is 0 Å². The number of hydrogen-bond acceptors (Lipinski definition) is 3. The number of carboxylic acids is 1. The molecule has 5 nitrogen and oxygen atoms in total. The van der Waals surface area contributed by atoms with Crippen molar-refractivity contribution >= 4 is 22.8 Å². The molecule has 0 bridgehead atoms. The third kappa shape index (κ3) is 2.86. The fourth-order valence-corrected chi connectivity index (χ4v) is 2.79. The zero-order valence-electron chi connectivity index (χ0n) is 11.5. The van der Waals surface area contributed by atoms with Crippen molar-refractivity contribution in [3.63, 3.8) is 0 Å². The summed E-state index contributed by atoms with van der Waals surface area (Å²) in [5.74, 6) is -1.37. The predicted molar refractivity (Wildman–Crippen MR) is 78.0 cm³/mol. The van der Waals surface area contributed by atoms with E-state index in [9.17, 15) is 9.59 Å². The topological polar surface area (TPSA) is 79.3 Å². The lowest BCUT2D eigenvalue weighted by Crippen LogP contribution is -2.33. The lowest BCUT2D eigenvalue weighted by molar-refractivity contribution is -0.141. The van der Waals surface area contributed by atoms with E-state index in [1.165, 1.54) is 0 Å². The molecule has 1 heterocycles. The number of nitrogens with zero attached hydrogens (tertiary/aromatic N) is 1. The van der Waals surface area contributed by atoms with Crippen LogP contribution in [0.3, 0.4) is 0 Å². The quantitative estimate of drug-likeness (QED) is 0.905. The van der Waals surface area contributed by atoms with Crippen LogP contribution < -0.4 is 5.32 Å². The van der Waals surface area contributed by atoms with Crippen molar-refractivity contribution in [3.8, 4) is 0 Å². The normalized spacial score (nSPS) is 21.3. The number of carboxylic acid groups (broad SMARTS) is 1. The highest BCUT2D eigenvalue weighted by molar-refractivity contribution is 5.95. The van der Waals surface area contributed by atoms with E-state index in [0.29, 0.717) is 25.0 Å². The van der Waals surface area contributed by atoms with Crippen LogP contribution in [-0.2, 0) is 4.79 Å². The summed E-state index contributed by atoms with van der Waals surface area (Å²) in [6.07, 6.45) is 1.82. The minimum absolute atomic E-state index is 0.0770. The molecule has 2 aromatic rings. The van der Waals surface area contributed by atoms with Gasteiger partial charge in [-0.1, -0.05) is 24.3 Å². The number of carbonyl (C=O) groups is 2. The zero-order valence-corrected chi connectivity index (χ0v) is 11.5. The van der Waals surface area contributed by atoms with E-state index in [-0.39, 0.29) is 17.9 Å². The van der Waals surface area contributed by atoms with Gasteiger partial charge < -0.3 is 10.4 Å². The molecule has 1 amide bonds. The molecular weight excluding hydrogens is 268 g/mol. The molecule has 0 spiro atoms. The van der Waals surface area contributed by atoms with Gasteiger partial charge >= 0.3 is 5.97 Å².